The van der Waals surface area contributed by atoms with Gasteiger partial charge in [-0.1, -0.05) is 0 Å². The molecule has 0 bridgehead atoms. The lowest BCUT2D eigenvalue weighted by atomic mass is 9.98. The molecule has 2 aromatic heterocycles. The van der Waals surface area contributed by atoms with Gasteiger partial charge in [0.25, 0.3) is 0 Å². The summed E-state index contributed by atoms with van der Waals surface area (Å²) in [7, 11) is 0. The van der Waals surface area contributed by atoms with E-state index in [9.17, 15) is 10.2 Å². The Kier molecular flexibility index (Phi) is 2.53. The Balaban J connectivity index is 2.09. The monoisotopic (exact) mass is 264 g/mol. The molecular formula is C12H16N4O3. The highest BCUT2D eigenvalue weighted by molar-refractivity contribution is 5.65. The molecule has 19 heavy (non-hydrogen) atoms. The quantitative estimate of drug-likeness (QED) is 0.663. The van der Waals surface area contributed by atoms with Gasteiger partial charge in [0.15, 0.2) is 5.82 Å². The Morgan fingerprint density at radius 3 is 2.74 bits per heavy atom. The van der Waals surface area contributed by atoms with Crippen LogP contribution >= 0.6 is 0 Å². The summed E-state index contributed by atoms with van der Waals surface area (Å²) in [4.78, 5) is 3.90. The minimum Gasteiger partial charge on any atom is -0.387 e. The van der Waals surface area contributed by atoms with Gasteiger partial charge >= 0.3 is 0 Å². The molecule has 1 saturated heterocycles. The van der Waals surface area contributed by atoms with Gasteiger partial charge in [-0.05, 0) is 26.0 Å². The molecule has 102 valence electrons. The number of ether oxygens (including phenoxy) is 1. The van der Waals surface area contributed by atoms with Crippen LogP contribution in [0, 0.1) is 0 Å². The zero-order chi connectivity index (χ0) is 13.8. The molecule has 7 heteroatoms. The van der Waals surface area contributed by atoms with E-state index in [1.807, 2.05) is 0 Å². The van der Waals surface area contributed by atoms with Crippen molar-refractivity contribution < 1.29 is 14.9 Å². The standard InChI is InChI=1S/C12H16N4O3/c1-12(2)10(18)8(17)9(19-12)6-3-4-7-11(13)14-5-15-16(6)7/h3-5,8-10,17-18H,1-2H3,(H2,13,14,15)/t8-,9?,10-/m0/s1. The van der Waals surface area contributed by atoms with Crippen molar-refractivity contribution in [3.63, 3.8) is 0 Å². The summed E-state index contributed by atoms with van der Waals surface area (Å²) in [5.41, 5.74) is 6.23. The molecule has 1 aliphatic rings. The van der Waals surface area contributed by atoms with Gasteiger partial charge in [-0.15, -0.1) is 0 Å². The van der Waals surface area contributed by atoms with Crippen molar-refractivity contribution in [2.45, 2.75) is 37.8 Å². The third kappa shape index (κ3) is 1.70. The molecule has 2 aromatic rings. The molecule has 3 atom stereocenters. The lowest BCUT2D eigenvalue weighted by Gasteiger charge is -2.21. The molecule has 0 aliphatic carbocycles. The first-order valence-corrected chi connectivity index (χ1v) is 6.04. The maximum Gasteiger partial charge on any atom is 0.151 e. The van der Waals surface area contributed by atoms with E-state index < -0.39 is 23.9 Å². The summed E-state index contributed by atoms with van der Waals surface area (Å²) in [6.07, 6.45) is -1.28. The van der Waals surface area contributed by atoms with Crippen molar-refractivity contribution in [2.24, 2.45) is 0 Å². The van der Waals surface area contributed by atoms with Crippen molar-refractivity contribution >= 4 is 11.3 Å². The fraction of sp³-hybridized carbons (Fsp3) is 0.500. The normalized spacial score (nSPS) is 30.0. The summed E-state index contributed by atoms with van der Waals surface area (Å²) in [5, 5.41) is 24.2. The zero-order valence-electron chi connectivity index (χ0n) is 10.7. The van der Waals surface area contributed by atoms with Gasteiger partial charge in [-0.3, -0.25) is 0 Å². The van der Waals surface area contributed by atoms with Crippen LogP contribution in [0.15, 0.2) is 18.5 Å². The predicted octanol–water partition coefficient (Wildman–Crippen LogP) is -0.117. The number of rotatable bonds is 1. The van der Waals surface area contributed by atoms with Crippen molar-refractivity contribution in [2.75, 3.05) is 5.73 Å². The van der Waals surface area contributed by atoms with E-state index in [-0.39, 0.29) is 0 Å². The highest BCUT2D eigenvalue weighted by Gasteiger charge is 2.49. The van der Waals surface area contributed by atoms with Crippen molar-refractivity contribution in [3.8, 4) is 0 Å². The summed E-state index contributed by atoms with van der Waals surface area (Å²) in [6.45, 7) is 3.47. The van der Waals surface area contributed by atoms with Crippen molar-refractivity contribution in [1.29, 1.82) is 0 Å². The van der Waals surface area contributed by atoms with Crippen LogP contribution in [0.1, 0.15) is 25.6 Å². The Morgan fingerprint density at radius 1 is 1.37 bits per heavy atom. The van der Waals surface area contributed by atoms with Crippen molar-refractivity contribution in [1.82, 2.24) is 14.6 Å². The van der Waals surface area contributed by atoms with Crippen LogP contribution in [0.25, 0.3) is 5.52 Å². The first-order chi connectivity index (χ1) is 8.92. The van der Waals surface area contributed by atoms with Crippen LogP contribution in [0.4, 0.5) is 5.82 Å². The summed E-state index contributed by atoms with van der Waals surface area (Å²) >= 11 is 0. The molecule has 0 aromatic carbocycles. The molecule has 3 rings (SSSR count). The number of nitrogen functional groups attached to an aromatic ring is 1. The van der Waals surface area contributed by atoms with Crippen molar-refractivity contribution in [3.05, 3.63) is 24.2 Å². The van der Waals surface area contributed by atoms with E-state index in [2.05, 4.69) is 10.1 Å². The number of aromatic nitrogens is 3. The Labute approximate surface area is 109 Å². The Hall–Kier alpha value is -1.70. The number of hydrogen-bond acceptors (Lipinski definition) is 6. The zero-order valence-corrected chi connectivity index (χ0v) is 10.7. The molecule has 1 fully saturated rings. The van der Waals surface area contributed by atoms with Crippen LogP contribution in [-0.4, -0.2) is 42.6 Å². The molecule has 1 unspecified atom stereocenters. The van der Waals surface area contributed by atoms with Gasteiger partial charge in [0.05, 0.1) is 11.3 Å². The SMILES string of the molecule is CC1(C)OC(c2ccc3c(N)ncnn23)[C@H](O)[C@@H]1O. The van der Waals surface area contributed by atoms with Gasteiger partial charge in [0.1, 0.15) is 30.2 Å². The summed E-state index contributed by atoms with van der Waals surface area (Å²) < 4.78 is 7.32. The first-order valence-electron chi connectivity index (χ1n) is 6.04. The average molecular weight is 264 g/mol. The molecule has 0 amide bonds. The minimum absolute atomic E-state index is 0.355. The number of fused-ring (bicyclic) bond motifs is 1. The topological polar surface area (TPSA) is 106 Å². The lowest BCUT2D eigenvalue weighted by Crippen LogP contribution is -2.37. The number of hydrogen-bond donors (Lipinski definition) is 3. The summed E-state index contributed by atoms with van der Waals surface area (Å²) in [5.74, 6) is 0.355. The Morgan fingerprint density at radius 2 is 2.11 bits per heavy atom. The smallest absolute Gasteiger partial charge is 0.151 e. The minimum atomic E-state index is -1.01. The highest BCUT2D eigenvalue weighted by atomic mass is 16.6. The van der Waals surface area contributed by atoms with E-state index in [0.717, 1.165) is 0 Å². The highest BCUT2D eigenvalue weighted by Crippen LogP contribution is 2.40. The first kappa shape index (κ1) is 12.3. The van der Waals surface area contributed by atoms with Crippen LogP contribution in [0.5, 0.6) is 0 Å². The van der Waals surface area contributed by atoms with Gasteiger partial charge in [-0.25, -0.2) is 9.50 Å². The third-order valence-corrected chi connectivity index (χ3v) is 3.58. The number of aliphatic hydroxyl groups excluding tert-OH is 2. The second-order valence-corrected chi connectivity index (χ2v) is 5.28. The molecule has 0 radical (unpaired) electrons. The number of aliphatic hydroxyl groups is 2. The summed E-state index contributed by atoms with van der Waals surface area (Å²) in [6, 6.07) is 3.53. The van der Waals surface area contributed by atoms with E-state index in [4.69, 9.17) is 10.5 Å². The van der Waals surface area contributed by atoms with Gasteiger partial charge in [0.2, 0.25) is 0 Å². The van der Waals surface area contributed by atoms with E-state index in [0.29, 0.717) is 17.0 Å². The van der Waals surface area contributed by atoms with Crippen LogP contribution in [0.2, 0.25) is 0 Å². The number of anilines is 1. The largest absolute Gasteiger partial charge is 0.387 e. The van der Waals surface area contributed by atoms with Gasteiger partial charge in [-0.2, -0.15) is 5.10 Å². The number of nitrogens with two attached hydrogens (primary N) is 1. The molecule has 0 saturated carbocycles. The molecule has 0 spiro atoms. The fourth-order valence-electron chi connectivity index (χ4n) is 2.47. The second-order valence-electron chi connectivity index (χ2n) is 5.28. The van der Waals surface area contributed by atoms with Gasteiger partial charge < -0.3 is 20.7 Å². The molecule has 4 N–H and O–H groups in total. The van der Waals surface area contributed by atoms with Gasteiger partial charge in [0, 0.05) is 0 Å². The maximum atomic E-state index is 10.1. The third-order valence-electron chi connectivity index (χ3n) is 3.58. The Bertz CT molecular complexity index is 624. The molecule has 7 nitrogen and oxygen atoms in total. The average Bonchev–Trinajstić information content (AvgIpc) is 2.86. The maximum absolute atomic E-state index is 10.1. The van der Waals surface area contributed by atoms with E-state index >= 15 is 0 Å². The second kappa shape index (κ2) is 3.89. The van der Waals surface area contributed by atoms with E-state index in [1.54, 1.807) is 30.5 Å². The van der Waals surface area contributed by atoms with E-state index in [1.165, 1.54) is 6.33 Å². The predicted molar refractivity (Wildman–Crippen MR) is 67.3 cm³/mol. The molecule has 1 aliphatic heterocycles. The molecular weight excluding hydrogens is 248 g/mol. The van der Waals surface area contributed by atoms with Crippen LogP contribution < -0.4 is 5.73 Å². The number of nitrogens with zero attached hydrogens (tertiary/aromatic N) is 3. The fourth-order valence-corrected chi connectivity index (χ4v) is 2.47. The molecule has 3 heterocycles. The lowest BCUT2D eigenvalue weighted by molar-refractivity contribution is -0.0584. The van der Waals surface area contributed by atoms with Crippen LogP contribution in [-0.2, 0) is 4.74 Å². The van der Waals surface area contributed by atoms with Crippen LogP contribution in [0.3, 0.4) is 0 Å².